The van der Waals surface area contributed by atoms with Crippen molar-refractivity contribution in [3.63, 3.8) is 0 Å². The highest BCUT2D eigenvalue weighted by Gasteiger charge is 2.33. The molecule has 0 spiro atoms. The first-order valence-corrected chi connectivity index (χ1v) is 3.93. The number of nitriles is 1. The van der Waals surface area contributed by atoms with Crippen LogP contribution in [0.4, 0.5) is 18.9 Å². The van der Waals surface area contributed by atoms with E-state index in [0.717, 1.165) is 6.07 Å². The molecule has 0 aliphatic rings. The number of aromatic nitrogens is 1. The fraction of sp³-hybridized carbons (Fsp3) is 0.250. The van der Waals surface area contributed by atoms with Gasteiger partial charge in [0.1, 0.15) is 11.6 Å². The number of nitrogen functional groups attached to an aromatic ring is 1. The van der Waals surface area contributed by atoms with Crippen LogP contribution in [0.15, 0.2) is 6.07 Å². The molecule has 86 valence electrons. The molecule has 3 N–H and O–H groups in total. The Bertz CT molecular complexity index is 439. The van der Waals surface area contributed by atoms with E-state index in [1.54, 1.807) is 0 Å². The maximum atomic E-state index is 11.9. The SMILES string of the molecule is N#Cc1cc(N)c(CO)nc1OC(F)(F)F. The first kappa shape index (κ1) is 12.1. The predicted octanol–water partition coefficient (Wildman–Crippen LogP) is 0.926. The van der Waals surface area contributed by atoms with E-state index in [4.69, 9.17) is 16.1 Å². The van der Waals surface area contributed by atoms with Crippen LogP contribution in [-0.2, 0) is 6.61 Å². The number of aliphatic hydroxyl groups excluding tert-OH is 1. The lowest BCUT2D eigenvalue weighted by Crippen LogP contribution is -2.19. The van der Waals surface area contributed by atoms with Gasteiger partial charge in [-0.25, -0.2) is 4.98 Å². The Balaban J connectivity index is 3.21. The molecule has 1 aromatic rings. The molecule has 1 rings (SSSR count). The predicted molar refractivity (Wildman–Crippen MR) is 46.0 cm³/mol. The van der Waals surface area contributed by atoms with Crippen LogP contribution >= 0.6 is 0 Å². The van der Waals surface area contributed by atoms with Gasteiger partial charge in [0.05, 0.1) is 18.0 Å². The molecule has 1 heterocycles. The Labute approximate surface area is 87.9 Å². The number of alkyl halides is 3. The van der Waals surface area contributed by atoms with Crippen LogP contribution in [0.2, 0.25) is 0 Å². The Morgan fingerprint density at radius 2 is 2.19 bits per heavy atom. The standard InChI is InChI=1S/C8H6F3N3O2/c9-8(10,11)16-7-4(2-12)1-5(13)6(3-15)14-7/h1,15H,3,13H2. The number of rotatable bonds is 2. The quantitative estimate of drug-likeness (QED) is 0.792. The molecular formula is C8H6F3N3O2. The average Bonchev–Trinajstić information content (AvgIpc) is 2.18. The lowest BCUT2D eigenvalue weighted by molar-refractivity contribution is -0.276. The third-order valence-electron chi connectivity index (χ3n) is 1.58. The molecule has 5 nitrogen and oxygen atoms in total. The lowest BCUT2D eigenvalue weighted by Gasteiger charge is -2.11. The van der Waals surface area contributed by atoms with E-state index in [1.165, 1.54) is 6.07 Å². The van der Waals surface area contributed by atoms with Crippen LogP contribution in [0, 0.1) is 11.3 Å². The molecule has 0 aliphatic heterocycles. The fourth-order valence-corrected chi connectivity index (χ4v) is 0.942. The molecule has 16 heavy (non-hydrogen) atoms. The topological polar surface area (TPSA) is 92.2 Å². The molecule has 0 bridgehead atoms. The fourth-order valence-electron chi connectivity index (χ4n) is 0.942. The second-order valence-electron chi connectivity index (χ2n) is 2.69. The van der Waals surface area contributed by atoms with Gasteiger partial charge in [-0.15, -0.1) is 13.2 Å². The van der Waals surface area contributed by atoms with Crippen molar-refractivity contribution in [3.05, 3.63) is 17.3 Å². The van der Waals surface area contributed by atoms with Crippen molar-refractivity contribution in [2.45, 2.75) is 13.0 Å². The van der Waals surface area contributed by atoms with Gasteiger partial charge in [-0.05, 0) is 6.07 Å². The van der Waals surface area contributed by atoms with E-state index in [0.29, 0.717) is 0 Å². The van der Waals surface area contributed by atoms with Gasteiger partial charge in [-0.2, -0.15) is 5.26 Å². The third kappa shape index (κ3) is 2.74. The number of pyridine rings is 1. The van der Waals surface area contributed by atoms with Crippen molar-refractivity contribution in [3.8, 4) is 11.9 Å². The van der Waals surface area contributed by atoms with Crippen LogP contribution < -0.4 is 10.5 Å². The first-order valence-electron chi connectivity index (χ1n) is 3.93. The molecule has 0 fully saturated rings. The molecule has 0 amide bonds. The number of anilines is 1. The lowest BCUT2D eigenvalue weighted by atomic mass is 10.2. The maximum Gasteiger partial charge on any atom is 0.574 e. The summed E-state index contributed by atoms with van der Waals surface area (Å²) in [6.45, 7) is -0.647. The summed E-state index contributed by atoms with van der Waals surface area (Å²) in [5.41, 5.74) is 4.62. The number of nitrogens with zero attached hydrogens (tertiary/aromatic N) is 2. The zero-order chi connectivity index (χ0) is 12.3. The summed E-state index contributed by atoms with van der Waals surface area (Å²) in [5, 5.41) is 17.3. The average molecular weight is 233 g/mol. The Morgan fingerprint density at radius 1 is 1.56 bits per heavy atom. The molecule has 0 aliphatic carbocycles. The van der Waals surface area contributed by atoms with E-state index in [-0.39, 0.29) is 11.4 Å². The number of hydrogen-bond acceptors (Lipinski definition) is 5. The summed E-state index contributed by atoms with van der Waals surface area (Å²) < 4.78 is 39.3. The minimum atomic E-state index is -4.96. The van der Waals surface area contributed by atoms with Crippen molar-refractivity contribution in [2.24, 2.45) is 0 Å². The highest BCUT2D eigenvalue weighted by molar-refractivity contribution is 5.52. The summed E-state index contributed by atoms with van der Waals surface area (Å²) in [6.07, 6.45) is -4.96. The van der Waals surface area contributed by atoms with E-state index >= 15 is 0 Å². The van der Waals surface area contributed by atoms with Gasteiger partial charge < -0.3 is 15.6 Å². The summed E-state index contributed by atoms with van der Waals surface area (Å²) in [6, 6.07) is 2.42. The van der Waals surface area contributed by atoms with Gasteiger partial charge >= 0.3 is 6.36 Å². The number of hydrogen-bond donors (Lipinski definition) is 2. The van der Waals surface area contributed by atoms with Gasteiger partial charge in [-0.1, -0.05) is 0 Å². The van der Waals surface area contributed by atoms with Gasteiger partial charge in [0.15, 0.2) is 0 Å². The number of aliphatic hydroxyl groups is 1. The van der Waals surface area contributed by atoms with Gasteiger partial charge in [-0.3, -0.25) is 0 Å². The molecule has 1 aromatic heterocycles. The van der Waals surface area contributed by atoms with Crippen molar-refractivity contribution in [2.75, 3.05) is 5.73 Å². The Hall–Kier alpha value is -2.01. The van der Waals surface area contributed by atoms with E-state index < -0.39 is 24.4 Å². The zero-order valence-electron chi connectivity index (χ0n) is 7.75. The summed E-state index contributed by atoms with van der Waals surface area (Å²) >= 11 is 0. The molecule has 0 radical (unpaired) electrons. The molecule has 0 saturated heterocycles. The molecule has 0 aromatic carbocycles. The summed E-state index contributed by atoms with van der Waals surface area (Å²) in [4.78, 5) is 3.31. The molecule has 0 atom stereocenters. The van der Waals surface area contributed by atoms with Crippen LogP contribution in [0.25, 0.3) is 0 Å². The smallest absolute Gasteiger partial charge is 0.397 e. The van der Waals surface area contributed by atoms with Crippen molar-refractivity contribution >= 4 is 5.69 Å². The Morgan fingerprint density at radius 3 is 2.62 bits per heavy atom. The van der Waals surface area contributed by atoms with Gasteiger partial charge in [0, 0.05) is 0 Å². The van der Waals surface area contributed by atoms with Crippen LogP contribution in [0.3, 0.4) is 0 Å². The number of nitrogens with two attached hydrogens (primary N) is 1. The van der Waals surface area contributed by atoms with E-state index in [9.17, 15) is 13.2 Å². The van der Waals surface area contributed by atoms with Crippen molar-refractivity contribution < 1.29 is 23.0 Å². The molecular weight excluding hydrogens is 227 g/mol. The van der Waals surface area contributed by atoms with Gasteiger partial charge in [0.25, 0.3) is 0 Å². The van der Waals surface area contributed by atoms with E-state index in [1.807, 2.05) is 0 Å². The third-order valence-corrected chi connectivity index (χ3v) is 1.58. The second-order valence-corrected chi connectivity index (χ2v) is 2.69. The largest absolute Gasteiger partial charge is 0.574 e. The first-order chi connectivity index (χ1) is 7.37. The summed E-state index contributed by atoms with van der Waals surface area (Å²) in [5.74, 6) is -0.923. The molecule has 0 unspecified atom stereocenters. The van der Waals surface area contributed by atoms with Crippen LogP contribution in [0.1, 0.15) is 11.3 Å². The highest BCUT2D eigenvalue weighted by Crippen LogP contribution is 2.26. The molecule has 8 heteroatoms. The Kier molecular flexibility index (Phi) is 3.20. The monoisotopic (exact) mass is 233 g/mol. The van der Waals surface area contributed by atoms with E-state index in [2.05, 4.69) is 9.72 Å². The van der Waals surface area contributed by atoms with Gasteiger partial charge in [0.2, 0.25) is 5.88 Å². The summed E-state index contributed by atoms with van der Waals surface area (Å²) in [7, 11) is 0. The van der Waals surface area contributed by atoms with Crippen LogP contribution in [-0.4, -0.2) is 16.5 Å². The highest BCUT2D eigenvalue weighted by atomic mass is 19.4. The minimum absolute atomic E-state index is 0.0754. The molecule has 0 saturated carbocycles. The van der Waals surface area contributed by atoms with Crippen molar-refractivity contribution in [1.29, 1.82) is 5.26 Å². The number of halogens is 3. The zero-order valence-corrected chi connectivity index (χ0v) is 7.75. The normalized spacial score (nSPS) is 10.9. The number of ether oxygens (including phenoxy) is 1. The van der Waals surface area contributed by atoms with Crippen molar-refractivity contribution in [1.82, 2.24) is 4.98 Å². The van der Waals surface area contributed by atoms with Crippen LogP contribution in [0.5, 0.6) is 5.88 Å². The minimum Gasteiger partial charge on any atom is -0.397 e. The maximum absolute atomic E-state index is 11.9. The second kappa shape index (κ2) is 4.24.